The van der Waals surface area contributed by atoms with Crippen LogP contribution in [0.5, 0.6) is 0 Å². The van der Waals surface area contributed by atoms with Gasteiger partial charge < -0.3 is 10.2 Å². The Morgan fingerprint density at radius 1 is 1.24 bits per heavy atom. The molecule has 2 heteroatoms. The number of hydrogen-bond donors (Lipinski definition) is 1. The second kappa shape index (κ2) is 6.77. The first-order valence-electron chi connectivity index (χ1n) is 6.43. The largest absolute Gasteiger partial charge is 0.310 e. The van der Waals surface area contributed by atoms with E-state index in [4.69, 9.17) is 0 Å². The van der Waals surface area contributed by atoms with Gasteiger partial charge in [0.2, 0.25) is 0 Å². The Kier molecular flexibility index (Phi) is 5.66. The molecule has 0 heterocycles. The molecule has 0 aliphatic rings. The van der Waals surface area contributed by atoms with Crippen molar-refractivity contribution in [2.75, 3.05) is 20.6 Å². The van der Waals surface area contributed by atoms with Crippen molar-refractivity contribution in [2.45, 2.75) is 39.8 Å². The molecule has 0 spiro atoms. The van der Waals surface area contributed by atoms with Gasteiger partial charge in [0.1, 0.15) is 0 Å². The fourth-order valence-electron chi connectivity index (χ4n) is 1.83. The van der Waals surface area contributed by atoms with Crippen LogP contribution >= 0.6 is 0 Å². The van der Waals surface area contributed by atoms with Gasteiger partial charge in [0.25, 0.3) is 0 Å². The minimum Gasteiger partial charge on any atom is -0.310 e. The fourth-order valence-corrected chi connectivity index (χ4v) is 1.83. The number of nitrogens with zero attached hydrogens (tertiary/aromatic N) is 1. The minimum absolute atomic E-state index is 0.567. The first kappa shape index (κ1) is 14.2. The van der Waals surface area contributed by atoms with Crippen molar-refractivity contribution in [3.8, 4) is 0 Å². The first-order chi connectivity index (χ1) is 7.99. The summed E-state index contributed by atoms with van der Waals surface area (Å²) >= 11 is 0. The molecule has 17 heavy (non-hydrogen) atoms. The molecule has 0 aliphatic heterocycles. The van der Waals surface area contributed by atoms with Gasteiger partial charge >= 0.3 is 0 Å². The van der Waals surface area contributed by atoms with E-state index in [0.717, 1.165) is 13.1 Å². The van der Waals surface area contributed by atoms with Crippen LogP contribution in [-0.4, -0.2) is 31.6 Å². The van der Waals surface area contributed by atoms with Gasteiger partial charge in [-0.05, 0) is 59.0 Å². The average molecular weight is 234 g/mol. The van der Waals surface area contributed by atoms with Gasteiger partial charge in [0.05, 0.1) is 0 Å². The van der Waals surface area contributed by atoms with Crippen LogP contribution in [0.15, 0.2) is 18.2 Å². The molecule has 0 aliphatic carbocycles. The maximum absolute atomic E-state index is 3.60. The second-order valence-electron chi connectivity index (χ2n) is 5.30. The van der Waals surface area contributed by atoms with Gasteiger partial charge in [-0.15, -0.1) is 0 Å². The monoisotopic (exact) mass is 234 g/mol. The lowest BCUT2D eigenvalue weighted by atomic mass is 10.1. The fraction of sp³-hybridized carbons (Fsp3) is 0.600. The SMILES string of the molecule is Cc1ccc(C)c(CNC(C)CCN(C)C)c1. The smallest absolute Gasteiger partial charge is 0.0210 e. The highest BCUT2D eigenvalue weighted by atomic mass is 15.1. The van der Waals surface area contributed by atoms with Crippen molar-refractivity contribution in [3.05, 3.63) is 34.9 Å². The number of nitrogens with one attached hydrogen (secondary N) is 1. The number of hydrogen-bond acceptors (Lipinski definition) is 2. The summed E-state index contributed by atoms with van der Waals surface area (Å²) in [6.45, 7) is 8.71. The zero-order valence-electron chi connectivity index (χ0n) is 11.9. The van der Waals surface area contributed by atoms with Crippen LogP contribution in [0.1, 0.15) is 30.0 Å². The predicted molar refractivity (Wildman–Crippen MR) is 75.4 cm³/mol. The van der Waals surface area contributed by atoms with Crippen molar-refractivity contribution in [1.29, 1.82) is 0 Å². The van der Waals surface area contributed by atoms with Gasteiger partial charge in [-0.3, -0.25) is 0 Å². The third-order valence-corrected chi connectivity index (χ3v) is 3.15. The highest BCUT2D eigenvalue weighted by Gasteiger charge is 2.04. The molecular weight excluding hydrogens is 208 g/mol. The standard InChI is InChI=1S/C15H26N2/c1-12-6-7-13(2)15(10-12)11-16-14(3)8-9-17(4)5/h6-7,10,14,16H,8-9,11H2,1-5H3. The number of benzene rings is 1. The average Bonchev–Trinajstić information content (AvgIpc) is 2.27. The normalized spacial score (nSPS) is 13.1. The van der Waals surface area contributed by atoms with Crippen LogP contribution < -0.4 is 5.32 Å². The summed E-state index contributed by atoms with van der Waals surface area (Å²) in [5, 5.41) is 3.60. The lowest BCUT2D eigenvalue weighted by molar-refractivity contribution is 0.365. The Labute approximate surface area is 106 Å². The molecule has 1 unspecified atom stereocenters. The predicted octanol–water partition coefficient (Wildman–Crippen LogP) is 2.73. The highest BCUT2D eigenvalue weighted by Crippen LogP contribution is 2.10. The summed E-state index contributed by atoms with van der Waals surface area (Å²) in [5.41, 5.74) is 4.14. The van der Waals surface area contributed by atoms with E-state index in [1.54, 1.807) is 0 Å². The molecule has 96 valence electrons. The van der Waals surface area contributed by atoms with Crippen molar-refractivity contribution < 1.29 is 0 Å². The topological polar surface area (TPSA) is 15.3 Å². The van der Waals surface area contributed by atoms with Crippen molar-refractivity contribution in [3.63, 3.8) is 0 Å². The van der Waals surface area contributed by atoms with Crippen LogP contribution in [-0.2, 0) is 6.54 Å². The van der Waals surface area contributed by atoms with Crippen LogP contribution in [0, 0.1) is 13.8 Å². The second-order valence-corrected chi connectivity index (χ2v) is 5.30. The highest BCUT2D eigenvalue weighted by molar-refractivity contribution is 5.30. The van der Waals surface area contributed by atoms with Crippen molar-refractivity contribution in [2.24, 2.45) is 0 Å². The zero-order valence-corrected chi connectivity index (χ0v) is 11.9. The first-order valence-corrected chi connectivity index (χ1v) is 6.43. The van der Waals surface area contributed by atoms with E-state index >= 15 is 0 Å². The molecule has 0 saturated heterocycles. The summed E-state index contributed by atoms with van der Waals surface area (Å²) in [7, 11) is 4.24. The summed E-state index contributed by atoms with van der Waals surface area (Å²) in [6, 6.07) is 7.23. The molecule has 0 radical (unpaired) electrons. The third kappa shape index (κ3) is 5.33. The van der Waals surface area contributed by atoms with Gasteiger partial charge in [0, 0.05) is 12.6 Å². The Morgan fingerprint density at radius 2 is 1.94 bits per heavy atom. The summed E-state index contributed by atoms with van der Waals surface area (Å²) in [5.74, 6) is 0. The van der Waals surface area contributed by atoms with Gasteiger partial charge in [-0.2, -0.15) is 0 Å². The van der Waals surface area contributed by atoms with Crippen LogP contribution in [0.25, 0.3) is 0 Å². The van der Waals surface area contributed by atoms with E-state index in [2.05, 4.69) is 63.3 Å². The number of aryl methyl sites for hydroxylation is 2. The van der Waals surface area contributed by atoms with Crippen molar-refractivity contribution in [1.82, 2.24) is 10.2 Å². The lowest BCUT2D eigenvalue weighted by Crippen LogP contribution is -2.29. The molecule has 0 bridgehead atoms. The quantitative estimate of drug-likeness (QED) is 0.814. The Balaban J connectivity index is 2.41. The summed E-state index contributed by atoms with van der Waals surface area (Å²) < 4.78 is 0. The molecule has 0 saturated carbocycles. The summed E-state index contributed by atoms with van der Waals surface area (Å²) in [6.07, 6.45) is 1.19. The molecule has 1 rings (SSSR count). The summed E-state index contributed by atoms with van der Waals surface area (Å²) in [4.78, 5) is 2.23. The Bertz CT molecular complexity index is 345. The van der Waals surface area contributed by atoms with Crippen molar-refractivity contribution >= 4 is 0 Å². The zero-order chi connectivity index (χ0) is 12.8. The lowest BCUT2D eigenvalue weighted by Gasteiger charge is -2.17. The molecule has 0 amide bonds. The van der Waals surface area contributed by atoms with E-state index in [9.17, 15) is 0 Å². The number of rotatable bonds is 6. The van der Waals surface area contributed by atoms with E-state index in [0.29, 0.717) is 6.04 Å². The Hall–Kier alpha value is -0.860. The molecule has 0 aromatic heterocycles. The van der Waals surface area contributed by atoms with Crippen LogP contribution in [0.2, 0.25) is 0 Å². The third-order valence-electron chi connectivity index (χ3n) is 3.15. The maximum atomic E-state index is 3.60. The van der Waals surface area contributed by atoms with Gasteiger partial charge in [0.15, 0.2) is 0 Å². The van der Waals surface area contributed by atoms with E-state index in [1.807, 2.05) is 0 Å². The molecular formula is C15H26N2. The van der Waals surface area contributed by atoms with E-state index < -0.39 is 0 Å². The van der Waals surface area contributed by atoms with Crippen LogP contribution in [0.3, 0.4) is 0 Å². The molecule has 2 nitrogen and oxygen atoms in total. The van der Waals surface area contributed by atoms with E-state index in [1.165, 1.54) is 23.1 Å². The van der Waals surface area contributed by atoms with Gasteiger partial charge in [-0.1, -0.05) is 23.8 Å². The maximum Gasteiger partial charge on any atom is 0.0210 e. The Morgan fingerprint density at radius 3 is 2.59 bits per heavy atom. The van der Waals surface area contributed by atoms with Gasteiger partial charge in [-0.25, -0.2) is 0 Å². The molecule has 1 N–H and O–H groups in total. The van der Waals surface area contributed by atoms with E-state index in [-0.39, 0.29) is 0 Å². The molecule has 1 aromatic rings. The molecule has 1 atom stereocenters. The molecule has 1 aromatic carbocycles. The minimum atomic E-state index is 0.567. The molecule has 0 fully saturated rings. The van der Waals surface area contributed by atoms with Crippen LogP contribution in [0.4, 0.5) is 0 Å².